The summed E-state index contributed by atoms with van der Waals surface area (Å²) < 4.78 is 14.1. The lowest BCUT2D eigenvalue weighted by Crippen LogP contribution is -2.42. The first-order valence-electron chi connectivity index (χ1n) is 10.2. The Morgan fingerprint density at radius 2 is 1.79 bits per heavy atom. The molecule has 2 N–H and O–H groups in total. The van der Waals surface area contributed by atoms with Crippen molar-refractivity contribution in [3.05, 3.63) is 103 Å². The lowest BCUT2D eigenvalue weighted by molar-refractivity contribution is -0.117. The normalized spacial score (nSPS) is 12.5. The Labute approximate surface area is 188 Å². The molecule has 3 aromatic rings. The number of nitrogens with zero attached hydrogens (tertiary/aromatic N) is 3. The lowest BCUT2D eigenvalue weighted by atomic mass is 10.1. The summed E-state index contributed by atoms with van der Waals surface area (Å²) in [4.78, 5) is 42.8. The standard InChI is InChI=1S/C24H20FN5O3/c1-29-14-18(22(31)27-12-16-6-8-19(25)9-7-16)10-20-21(29)28-24(33)30(23(20)32)13-17-4-2-15(11-26)3-5-17/h2-10H,12-14H2,1H3,(H,27,31)(H,28,33). The number of H-pyrrole nitrogens is 1. The first kappa shape index (κ1) is 21.8. The van der Waals surface area contributed by atoms with Crippen molar-refractivity contribution in [3.8, 4) is 6.07 Å². The molecule has 0 radical (unpaired) electrons. The van der Waals surface area contributed by atoms with Crippen LogP contribution >= 0.6 is 0 Å². The van der Waals surface area contributed by atoms with Gasteiger partial charge in [-0.25, -0.2) is 9.18 Å². The van der Waals surface area contributed by atoms with E-state index in [9.17, 15) is 18.8 Å². The Balaban J connectivity index is 1.61. The zero-order valence-electron chi connectivity index (χ0n) is 17.8. The van der Waals surface area contributed by atoms with Gasteiger partial charge in [0, 0.05) is 25.7 Å². The average molecular weight is 445 g/mol. The second kappa shape index (κ2) is 8.96. The molecule has 1 amide bonds. The molecule has 1 aromatic heterocycles. The topological polar surface area (TPSA) is 111 Å². The van der Waals surface area contributed by atoms with Crippen molar-refractivity contribution in [2.75, 3.05) is 18.5 Å². The van der Waals surface area contributed by atoms with E-state index in [0.29, 0.717) is 22.5 Å². The van der Waals surface area contributed by atoms with Crippen LogP contribution in [0.4, 0.5) is 10.2 Å². The predicted molar refractivity (Wildman–Crippen MR) is 121 cm³/mol. The van der Waals surface area contributed by atoms with E-state index in [-0.39, 0.29) is 36.9 Å². The van der Waals surface area contributed by atoms with Crippen molar-refractivity contribution in [3.63, 3.8) is 0 Å². The van der Waals surface area contributed by atoms with Crippen molar-refractivity contribution in [1.82, 2.24) is 14.9 Å². The molecule has 0 atom stereocenters. The molecule has 1 aliphatic rings. The fraction of sp³-hybridized carbons (Fsp3) is 0.167. The number of halogens is 1. The molecule has 2 aromatic carbocycles. The number of carbonyl (C=O) groups excluding carboxylic acids is 1. The summed E-state index contributed by atoms with van der Waals surface area (Å²) in [5.41, 5.74) is 1.40. The molecule has 0 unspecified atom stereocenters. The molecule has 1 aliphatic heterocycles. The molecule has 0 saturated heterocycles. The largest absolute Gasteiger partial charge is 0.356 e. The summed E-state index contributed by atoms with van der Waals surface area (Å²) in [5, 5.41) is 11.7. The van der Waals surface area contributed by atoms with Crippen LogP contribution in [-0.4, -0.2) is 29.1 Å². The van der Waals surface area contributed by atoms with E-state index in [2.05, 4.69) is 10.3 Å². The van der Waals surface area contributed by atoms with E-state index in [0.717, 1.165) is 10.1 Å². The zero-order chi connectivity index (χ0) is 23.5. The third-order valence-electron chi connectivity index (χ3n) is 5.39. The highest BCUT2D eigenvalue weighted by molar-refractivity contribution is 6.00. The van der Waals surface area contributed by atoms with Gasteiger partial charge in [-0.3, -0.25) is 19.1 Å². The molecule has 0 aliphatic carbocycles. The fourth-order valence-corrected chi connectivity index (χ4v) is 3.61. The van der Waals surface area contributed by atoms with E-state index < -0.39 is 11.2 Å². The summed E-state index contributed by atoms with van der Waals surface area (Å²) in [7, 11) is 1.68. The summed E-state index contributed by atoms with van der Waals surface area (Å²) in [6, 6.07) is 14.4. The number of nitriles is 1. The number of hydrogen-bond acceptors (Lipinski definition) is 5. The number of nitrogens with one attached hydrogen (secondary N) is 2. The fourth-order valence-electron chi connectivity index (χ4n) is 3.61. The summed E-state index contributed by atoms with van der Waals surface area (Å²) in [6.45, 7) is 0.440. The van der Waals surface area contributed by atoms with Crippen molar-refractivity contribution < 1.29 is 9.18 Å². The highest BCUT2D eigenvalue weighted by Gasteiger charge is 2.24. The van der Waals surface area contributed by atoms with E-state index in [1.807, 2.05) is 6.07 Å². The van der Waals surface area contributed by atoms with Gasteiger partial charge in [0.25, 0.3) is 5.56 Å². The SMILES string of the molecule is CN1CC(C(=O)NCc2ccc(F)cc2)=Cc2c1[nH]c(=O)n(Cc1ccc(C#N)cc1)c2=O. The maximum absolute atomic E-state index is 13.1. The maximum atomic E-state index is 13.1. The second-order valence-electron chi connectivity index (χ2n) is 7.73. The summed E-state index contributed by atoms with van der Waals surface area (Å²) in [6.07, 6.45) is 1.49. The van der Waals surface area contributed by atoms with Crippen molar-refractivity contribution in [2.24, 2.45) is 0 Å². The van der Waals surface area contributed by atoms with Crippen LogP contribution in [0.25, 0.3) is 6.08 Å². The molecule has 0 fully saturated rings. The third kappa shape index (κ3) is 4.60. The maximum Gasteiger partial charge on any atom is 0.330 e. The van der Waals surface area contributed by atoms with Crippen LogP contribution in [-0.2, 0) is 17.9 Å². The van der Waals surface area contributed by atoms with Gasteiger partial charge in [-0.1, -0.05) is 24.3 Å². The number of likely N-dealkylation sites (N-methyl/N-ethyl adjacent to an activating group) is 1. The van der Waals surface area contributed by atoms with Crippen LogP contribution in [0.3, 0.4) is 0 Å². The first-order valence-corrected chi connectivity index (χ1v) is 10.2. The van der Waals surface area contributed by atoms with Gasteiger partial charge >= 0.3 is 5.69 Å². The Hall–Kier alpha value is -4.45. The average Bonchev–Trinajstić information content (AvgIpc) is 2.82. The third-order valence-corrected chi connectivity index (χ3v) is 5.39. The number of hydrogen-bond donors (Lipinski definition) is 2. The number of benzene rings is 2. The Morgan fingerprint density at radius 1 is 1.12 bits per heavy atom. The van der Waals surface area contributed by atoms with Gasteiger partial charge in [0.05, 0.1) is 23.7 Å². The van der Waals surface area contributed by atoms with E-state index in [1.54, 1.807) is 48.3 Å². The number of amides is 1. The van der Waals surface area contributed by atoms with Gasteiger partial charge in [0.1, 0.15) is 11.6 Å². The zero-order valence-corrected chi connectivity index (χ0v) is 17.8. The summed E-state index contributed by atoms with van der Waals surface area (Å²) >= 11 is 0. The molecule has 166 valence electrons. The predicted octanol–water partition coefficient (Wildman–Crippen LogP) is 1.75. The molecule has 4 rings (SSSR count). The van der Waals surface area contributed by atoms with Crippen molar-refractivity contribution >= 4 is 17.8 Å². The second-order valence-corrected chi connectivity index (χ2v) is 7.73. The Kier molecular flexibility index (Phi) is 5.91. The molecule has 0 spiro atoms. The highest BCUT2D eigenvalue weighted by Crippen LogP contribution is 2.22. The molecule has 9 heteroatoms. The number of anilines is 1. The van der Waals surface area contributed by atoms with Crippen molar-refractivity contribution in [1.29, 1.82) is 5.26 Å². The molecule has 2 heterocycles. The van der Waals surface area contributed by atoms with Gasteiger partial charge in [0.15, 0.2) is 0 Å². The van der Waals surface area contributed by atoms with Crippen LogP contribution in [0.2, 0.25) is 0 Å². The van der Waals surface area contributed by atoms with Gasteiger partial charge in [0.2, 0.25) is 5.91 Å². The van der Waals surface area contributed by atoms with Gasteiger partial charge in [-0.05, 0) is 41.5 Å². The Bertz CT molecular complexity index is 1400. The number of aromatic nitrogens is 2. The molecule has 33 heavy (non-hydrogen) atoms. The Morgan fingerprint density at radius 3 is 2.45 bits per heavy atom. The van der Waals surface area contributed by atoms with Crippen LogP contribution in [0.5, 0.6) is 0 Å². The van der Waals surface area contributed by atoms with Gasteiger partial charge in [-0.15, -0.1) is 0 Å². The number of rotatable bonds is 5. The monoisotopic (exact) mass is 445 g/mol. The quantitative estimate of drug-likeness (QED) is 0.622. The van der Waals surface area contributed by atoms with Crippen LogP contribution in [0.1, 0.15) is 22.3 Å². The van der Waals surface area contributed by atoms with Crippen LogP contribution < -0.4 is 21.5 Å². The molecule has 0 saturated carbocycles. The minimum Gasteiger partial charge on any atom is -0.356 e. The summed E-state index contributed by atoms with van der Waals surface area (Å²) in [5.74, 6) is -0.373. The molecule has 8 nitrogen and oxygen atoms in total. The van der Waals surface area contributed by atoms with Gasteiger partial charge in [-0.2, -0.15) is 5.26 Å². The van der Waals surface area contributed by atoms with E-state index >= 15 is 0 Å². The first-order chi connectivity index (χ1) is 15.9. The minimum atomic E-state index is -0.562. The van der Waals surface area contributed by atoms with Crippen molar-refractivity contribution in [2.45, 2.75) is 13.1 Å². The highest BCUT2D eigenvalue weighted by atomic mass is 19.1. The number of carbonyl (C=O) groups is 1. The minimum absolute atomic E-state index is 0.0246. The van der Waals surface area contributed by atoms with Gasteiger partial charge < -0.3 is 10.2 Å². The van der Waals surface area contributed by atoms with Crippen LogP contribution in [0, 0.1) is 17.1 Å². The smallest absolute Gasteiger partial charge is 0.330 e. The molecular formula is C24H20FN5O3. The number of aromatic amines is 1. The van der Waals surface area contributed by atoms with Crippen LogP contribution in [0.15, 0.2) is 63.7 Å². The molecule has 0 bridgehead atoms. The van der Waals surface area contributed by atoms with E-state index in [4.69, 9.17) is 5.26 Å². The molecular weight excluding hydrogens is 425 g/mol. The van der Waals surface area contributed by atoms with E-state index in [1.165, 1.54) is 18.2 Å². The number of fused-ring (bicyclic) bond motifs is 1. The lowest BCUT2D eigenvalue weighted by Gasteiger charge is -2.26.